The second-order valence-corrected chi connectivity index (χ2v) is 17.5. The van der Waals surface area contributed by atoms with Crippen molar-refractivity contribution in [1.82, 2.24) is 0 Å². The van der Waals surface area contributed by atoms with E-state index < -0.39 is 30.7 Å². The van der Waals surface area contributed by atoms with Crippen molar-refractivity contribution in [3.8, 4) is 0 Å². The molecule has 0 radical (unpaired) electrons. The molecule has 43 heavy (non-hydrogen) atoms. The monoisotopic (exact) mass is 604 g/mol. The fourth-order valence-electron chi connectivity index (χ4n) is 12.6. The van der Waals surface area contributed by atoms with Crippen molar-refractivity contribution in [2.24, 2.45) is 56.7 Å². The molecule has 1 heterocycles. The quantitative estimate of drug-likeness (QED) is 0.209. The summed E-state index contributed by atoms with van der Waals surface area (Å²) >= 11 is 0. The van der Waals surface area contributed by atoms with E-state index in [9.17, 15) is 25.5 Å². The van der Waals surface area contributed by atoms with Gasteiger partial charge in [-0.2, -0.15) is 0 Å². The normalized spacial score (nSPS) is 54.3. The standard InChI is InChI=1S/C36H60O7/c1-19(2)20(3)9-10-21(4)27-23(38)16-34(8)30-22(37)15-25-32(5,6)26(43-31-29(41)28(40)24(39)17-42-31)11-12-35(25)18-36(30,35)14-13-33(27,34)7/h19,21-31,37-41H,3,9-18H2,1-2,4-8H3/t21-,22+,23+,24-,25+,26+,27+,28+,29-,30+,31+,33-,34+,35-,36+/m1/s1. The molecule has 6 rings (SSSR count). The molecule has 0 aromatic rings. The Labute approximate surface area is 259 Å². The van der Waals surface area contributed by atoms with E-state index in [0.29, 0.717) is 11.8 Å². The molecule has 2 spiro atoms. The molecule has 6 fully saturated rings. The van der Waals surface area contributed by atoms with E-state index in [1.54, 1.807) is 0 Å². The summed E-state index contributed by atoms with van der Waals surface area (Å²) < 4.78 is 12.0. The highest BCUT2D eigenvalue weighted by Gasteiger charge is 2.84. The van der Waals surface area contributed by atoms with Gasteiger partial charge in [0.05, 0.1) is 24.9 Å². The Kier molecular flexibility index (Phi) is 7.90. The van der Waals surface area contributed by atoms with Crippen LogP contribution < -0.4 is 0 Å². The van der Waals surface area contributed by atoms with Crippen molar-refractivity contribution in [2.45, 2.75) is 149 Å². The van der Waals surface area contributed by atoms with Crippen LogP contribution in [0.25, 0.3) is 0 Å². The SMILES string of the molecule is C=C(CC[C@@H](C)[C@H]1[C@@H](O)C[C@@]2(C)[C@@H]3[C@@H](O)C[C@H]4C(C)(C)[C@@H](O[C@@H]5OC[C@@H](O)[C@H](O)[C@H]5O)CC[C@@]45C[C@@]35CC[C@]12C)C(C)C. The Balaban J connectivity index is 1.23. The van der Waals surface area contributed by atoms with Gasteiger partial charge in [0, 0.05) is 0 Å². The summed E-state index contributed by atoms with van der Waals surface area (Å²) in [6, 6.07) is 0. The predicted octanol–water partition coefficient (Wildman–Crippen LogP) is 4.82. The van der Waals surface area contributed by atoms with Crippen molar-refractivity contribution in [3.05, 3.63) is 12.2 Å². The minimum Gasteiger partial charge on any atom is -0.393 e. The molecule has 7 heteroatoms. The van der Waals surface area contributed by atoms with Crippen LogP contribution in [0.5, 0.6) is 0 Å². The molecule has 6 aliphatic rings. The molecule has 15 atom stereocenters. The van der Waals surface area contributed by atoms with Crippen molar-refractivity contribution < 1.29 is 35.0 Å². The molecule has 246 valence electrons. The summed E-state index contributed by atoms with van der Waals surface area (Å²) in [5.74, 6) is 1.57. The lowest BCUT2D eigenvalue weighted by atomic mass is 9.41. The van der Waals surface area contributed by atoms with Gasteiger partial charge >= 0.3 is 0 Å². The van der Waals surface area contributed by atoms with Crippen LogP contribution >= 0.6 is 0 Å². The molecule has 0 aromatic carbocycles. The molecule has 1 saturated heterocycles. The largest absolute Gasteiger partial charge is 0.393 e. The lowest BCUT2D eigenvalue weighted by molar-refractivity contribution is -0.304. The first-order valence-electron chi connectivity index (χ1n) is 17.3. The molecular weight excluding hydrogens is 544 g/mol. The highest BCUT2D eigenvalue weighted by Crippen LogP contribution is 2.89. The van der Waals surface area contributed by atoms with Gasteiger partial charge in [-0.1, -0.05) is 60.6 Å². The third kappa shape index (κ3) is 4.38. The highest BCUT2D eigenvalue weighted by atomic mass is 16.7. The van der Waals surface area contributed by atoms with E-state index in [2.05, 4.69) is 55.0 Å². The van der Waals surface area contributed by atoms with Gasteiger partial charge in [0.15, 0.2) is 6.29 Å². The third-order valence-electron chi connectivity index (χ3n) is 15.2. The van der Waals surface area contributed by atoms with Crippen LogP contribution in [0.2, 0.25) is 0 Å². The third-order valence-corrected chi connectivity index (χ3v) is 15.2. The Morgan fingerprint density at radius 1 is 0.884 bits per heavy atom. The first-order valence-corrected chi connectivity index (χ1v) is 17.3. The van der Waals surface area contributed by atoms with Gasteiger partial charge in [0.1, 0.15) is 18.3 Å². The van der Waals surface area contributed by atoms with Crippen LogP contribution in [0, 0.1) is 56.7 Å². The summed E-state index contributed by atoms with van der Waals surface area (Å²) in [5, 5.41) is 54.6. The van der Waals surface area contributed by atoms with Gasteiger partial charge in [-0.3, -0.25) is 0 Å². The highest BCUT2D eigenvalue weighted by molar-refractivity contribution is 5.32. The number of aliphatic hydroxyl groups excluding tert-OH is 5. The fourth-order valence-corrected chi connectivity index (χ4v) is 12.6. The second-order valence-electron chi connectivity index (χ2n) is 17.5. The number of ether oxygens (including phenoxy) is 2. The topological polar surface area (TPSA) is 120 Å². The smallest absolute Gasteiger partial charge is 0.186 e. The van der Waals surface area contributed by atoms with E-state index in [1.807, 2.05) is 0 Å². The molecule has 5 saturated carbocycles. The van der Waals surface area contributed by atoms with Crippen LogP contribution in [0.15, 0.2) is 12.2 Å². The van der Waals surface area contributed by atoms with Crippen molar-refractivity contribution >= 4 is 0 Å². The summed E-state index contributed by atoms with van der Waals surface area (Å²) in [6.07, 6.45) is 3.14. The van der Waals surface area contributed by atoms with Crippen LogP contribution in [-0.2, 0) is 9.47 Å². The first-order chi connectivity index (χ1) is 20.0. The maximum absolute atomic E-state index is 12.2. The lowest BCUT2D eigenvalue weighted by Gasteiger charge is -2.64. The van der Waals surface area contributed by atoms with Gasteiger partial charge in [-0.15, -0.1) is 0 Å². The molecule has 0 unspecified atom stereocenters. The van der Waals surface area contributed by atoms with E-state index in [1.165, 1.54) is 5.57 Å². The van der Waals surface area contributed by atoms with Gasteiger partial charge in [-0.25, -0.2) is 0 Å². The van der Waals surface area contributed by atoms with Crippen LogP contribution in [0.1, 0.15) is 106 Å². The van der Waals surface area contributed by atoms with E-state index in [-0.39, 0.29) is 63.6 Å². The van der Waals surface area contributed by atoms with Crippen LogP contribution in [0.3, 0.4) is 0 Å². The summed E-state index contributed by atoms with van der Waals surface area (Å²) in [5.41, 5.74) is 1.15. The molecule has 0 bridgehead atoms. The zero-order chi connectivity index (χ0) is 31.5. The number of fused-ring (bicyclic) bond motifs is 2. The number of aliphatic hydroxyl groups is 5. The van der Waals surface area contributed by atoms with Crippen molar-refractivity contribution in [2.75, 3.05) is 6.61 Å². The Hall–Kier alpha value is -0.540. The lowest BCUT2D eigenvalue weighted by Crippen LogP contribution is -2.62. The maximum atomic E-state index is 12.2. The maximum Gasteiger partial charge on any atom is 0.186 e. The summed E-state index contributed by atoms with van der Waals surface area (Å²) in [6.45, 7) is 20.4. The van der Waals surface area contributed by atoms with Gasteiger partial charge < -0.3 is 35.0 Å². The van der Waals surface area contributed by atoms with Gasteiger partial charge in [0.25, 0.3) is 0 Å². The number of hydrogen-bond donors (Lipinski definition) is 5. The summed E-state index contributed by atoms with van der Waals surface area (Å²) in [4.78, 5) is 0. The fraction of sp³-hybridized carbons (Fsp3) is 0.944. The van der Waals surface area contributed by atoms with Crippen molar-refractivity contribution in [1.29, 1.82) is 0 Å². The molecule has 0 aromatic heterocycles. The molecule has 0 amide bonds. The zero-order valence-corrected chi connectivity index (χ0v) is 27.8. The zero-order valence-electron chi connectivity index (χ0n) is 27.8. The number of allylic oxidation sites excluding steroid dienone is 1. The minimum absolute atomic E-state index is 0.0196. The Bertz CT molecular complexity index is 1090. The Morgan fingerprint density at radius 2 is 1.58 bits per heavy atom. The first kappa shape index (κ1) is 32.4. The molecule has 7 nitrogen and oxygen atoms in total. The molecule has 5 N–H and O–H groups in total. The average Bonchev–Trinajstić information content (AvgIpc) is 3.52. The molecular formula is C36H60O7. The van der Waals surface area contributed by atoms with Crippen LogP contribution in [-0.4, -0.2) is 75.1 Å². The van der Waals surface area contributed by atoms with Crippen molar-refractivity contribution in [3.63, 3.8) is 0 Å². The molecule has 1 aliphatic heterocycles. The summed E-state index contributed by atoms with van der Waals surface area (Å²) in [7, 11) is 0. The number of hydrogen-bond acceptors (Lipinski definition) is 7. The second kappa shape index (κ2) is 10.5. The van der Waals surface area contributed by atoms with Crippen LogP contribution in [0.4, 0.5) is 0 Å². The number of rotatable bonds is 7. The van der Waals surface area contributed by atoms with E-state index in [4.69, 9.17) is 9.47 Å². The van der Waals surface area contributed by atoms with Gasteiger partial charge in [-0.05, 0) is 114 Å². The predicted molar refractivity (Wildman–Crippen MR) is 165 cm³/mol. The van der Waals surface area contributed by atoms with E-state index >= 15 is 0 Å². The Morgan fingerprint density at radius 3 is 2.26 bits per heavy atom. The average molecular weight is 605 g/mol. The minimum atomic E-state index is -1.30. The molecule has 5 aliphatic carbocycles. The van der Waals surface area contributed by atoms with E-state index in [0.717, 1.165) is 57.8 Å². The van der Waals surface area contributed by atoms with Gasteiger partial charge in [0.2, 0.25) is 0 Å².